The lowest BCUT2D eigenvalue weighted by atomic mass is 9.95. The smallest absolute Gasteiger partial charge is 0.335 e. The standard InChI is InChI=1S/C44H54O19/c1-19(2)35(45)53-17-27-29(57-37(47)21(5)6)31(58-38(48)22(7)8)33(60-40(50)24(11)12)43(55-27)62-30-28(18-54-36(46)20(3)4)56-44(63-42(52)26(15)16)34(61-41(51)25(13)14)32(30)59-39(49)23(9)10/h27-34,43-44H,1,3,5,7,9,11,13,15,17-18H2,2,4,6,8,10,12,14,16H3/t27-,28-,29-,30-,31+,32+,33-,34-,43-,44?/m1/s1. The molecule has 2 saturated heterocycles. The molecule has 344 valence electrons. The van der Waals surface area contributed by atoms with Crippen LogP contribution in [0.3, 0.4) is 0 Å². The Morgan fingerprint density at radius 1 is 0.333 bits per heavy atom. The van der Waals surface area contributed by atoms with Gasteiger partial charge in [-0.3, -0.25) is 0 Å². The number of carbonyl (C=O) groups excluding carboxylic acids is 8. The molecule has 0 spiro atoms. The summed E-state index contributed by atoms with van der Waals surface area (Å²) in [7, 11) is 0. The zero-order valence-electron chi connectivity index (χ0n) is 36.6. The van der Waals surface area contributed by atoms with Crippen LogP contribution >= 0.6 is 0 Å². The highest BCUT2D eigenvalue weighted by Gasteiger charge is 2.59. The number of ether oxygens (including phenoxy) is 11. The van der Waals surface area contributed by atoms with Crippen LogP contribution in [0.25, 0.3) is 0 Å². The van der Waals surface area contributed by atoms with Crippen molar-refractivity contribution in [2.24, 2.45) is 0 Å². The molecule has 10 atom stereocenters. The zero-order valence-corrected chi connectivity index (χ0v) is 36.6. The predicted octanol–water partition coefficient (Wildman–Crippen LogP) is 3.62. The molecular formula is C44H54O19. The van der Waals surface area contributed by atoms with Gasteiger partial charge in [0, 0.05) is 44.6 Å². The molecule has 0 amide bonds. The van der Waals surface area contributed by atoms with Crippen molar-refractivity contribution in [2.75, 3.05) is 13.2 Å². The van der Waals surface area contributed by atoms with Crippen LogP contribution in [0, 0.1) is 0 Å². The average molecular weight is 887 g/mol. The molecule has 0 radical (unpaired) electrons. The highest BCUT2D eigenvalue weighted by molar-refractivity contribution is 5.90. The number of carbonyl (C=O) groups is 8. The van der Waals surface area contributed by atoms with E-state index in [1.807, 2.05) is 0 Å². The van der Waals surface area contributed by atoms with Gasteiger partial charge in [0.25, 0.3) is 0 Å². The van der Waals surface area contributed by atoms with E-state index >= 15 is 0 Å². The van der Waals surface area contributed by atoms with Gasteiger partial charge in [-0.1, -0.05) is 52.6 Å². The Balaban J connectivity index is 3.08. The molecule has 19 heteroatoms. The van der Waals surface area contributed by atoms with Gasteiger partial charge in [0.2, 0.25) is 12.4 Å². The number of hydrogen-bond acceptors (Lipinski definition) is 19. The molecule has 2 aliphatic rings. The molecule has 0 saturated carbocycles. The first-order valence-electron chi connectivity index (χ1n) is 19.0. The van der Waals surface area contributed by atoms with Crippen molar-refractivity contribution >= 4 is 47.8 Å². The summed E-state index contributed by atoms with van der Waals surface area (Å²) >= 11 is 0. The number of hydrogen-bond donors (Lipinski definition) is 0. The van der Waals surface area contributed by atoms with Crippen molar-refractivity contribution in [2.45, 2.75) is 117 Å². The Morgan fingerprint density at radius 3 is 0.937 bits per heavy atom. The third kappa shape index (κ3) is 14.9. The third-order valence-electron chi connectivity index (χ3n) is 8.46. The maximum absolute atomic E-state index is 13.4. The Kier molecular flexibility index (Phi) is 19.3. The minimum atomic E-state index is -2.07. The van der Waals surface area contributed by atoms with Gasteiger partial charge in [-0.2, -0.15) is 0 Å². The van der Waals surface area contributed by atoms with Gasteiger partial charge in [0.1, 0.15) is 31.5 Å². The second-order valence-corrected chi connectivity index (χ2v) is 14.9. The van der Waals surface area contributed by atoms with Crippen molar-refractivity contribution in [1.82, 2.24) is 0 Å². The molecule has 0 aromatic carbocycles. The Morgan fingerprint density at radius 2 is 0.587 bits per heavy atom. The van der Waals surface area contributed by atoms with Crippen LogP contribution in [0.5, 0.6) is 0 Å². The number of rotatable bonds is 20. The minimum absolute atomic E-state index is 0.0569. The van der Waals surface area contributed by atoms with Gasteiger partial charge >= 0.3 is 47.8 Å². The summed E-state index contributed by atoms with van der Waals surface area (Å²) in [5.41, 5.74) is -1.15. The molecule has 1 unspecified atom stereocenters. The number of esters is 8. The van der Waals surface area contributed by atoms with E-state index in [0.717, 1.165) is 0 Å². The minimum Gasteiger partial charge on any atom is -0.459 e. The van der Waals surface area contributed by atoms with Crippen LogP contribution in [0.1, 0.15) is 55.4 Å². The highest BCUT2D eigenvalue weighted by Crippen LogP contribution is 2.37. The first kappa shape index (κ1) is 52.7. The van der Waals surface area contributed by atoms with Crippen LogP contribution in [0.4, 0.5) is 0 Å². The molecule has 19 nitrogen and oxygen atoms in total. The van der Waals surface area contributed by atoms with Crippen molar-refractivity contribution < 1.29 is 90.5 Å². The van der Waals surface area contributed by atoms with Crippen LogP contribution in [-0.2, 0) is 90.5 Å². The Labute approximate surface area is 364 Å². The van der Waals surface area contributed by atoms with Gasteiger partial charge in [-0.25, -0.2) is 38.4 Å². The van der Waals surface area contributed by atoms with Gasteiger partial charge in [-0.15, -0.1) is 0 Å². The summed E-state index contributed by atoms with van der Waals surface area (Å²) in [6, 6.07) is 0. The second kappa shape index (κ2) is 23.1. The summed E-state index contributed by atoms with van der Waals surface area (Å²) < 4.78 is 63.8. The van der Waals surface area contributed by atoms with E-state index in [1.54, 1.807) is 0 Å². The summed E-state index contributed by atoms with van der Waals surface area (Å²) in [5, 5.41) is 0. The molecular weight excluding hydrogens is 832 g/mol. The molecule has 0 aliphatic carbocycles. The normalized spacial score (nSPS) is 25.0. The van der Waals surface area contributed by atoms with Crippen LogP contribution in [0.2, 0.25) is 0 Å². The molecule has 2 heterocycles. The SMILES string of the molecule is C=C(C)C(=O)OC[C@H]1O[C@H](O[C@H]2[C@H](OC(=O)C(=C)C)[C@@H](OC(=O)C(=C)C)C(OC(=O)C(=C)C)O[C@@H]2COC(=O)C(=C)C)[C@H](OC(=O)C(=C)C)[C@@H](OC(=O)C(=C)C)[C@@H]1OC(=O)C(=C)C. The van der Waals surface area contributed by atoms with Gasteiger partial charge < -0.3 is 52.1 Å². The summed E-state index contributed by atoms with van der Waals surface area (Å²) in [6.45, 7) is 37.3. The van der Waals surface area contributed by atoms with Crippen molar-refractivity contribution in [1.29, 1.82) is 0 Å². The van der Waals surface area contributed by atoms with E-state index < -0.39 is 122 Å². The van der Waals surface area contributed by atoms with Crippen LogP contribution in [-0.4, -0.2) is 122 Å². The van der Waals surface area contributed by atoms with E-state index in [4.69, 9.17) is 52.1 Å². The molecule has 2 aliphatic heterocycles. The van der Waals surface area contributed by atoms with Crippen molar-refractivity contribution in [3.63, 3.8) is 0 Å². The summed E-state index contributed by atoms with van der Waals surface area (Å²) in [6.07, 6.45) is -18.8. The predicted molar refractivity (Wildman–Crippen MR) is 218 cm³/mol. The van der Waals surface area contributed by atoms with Crippen molar-refractivity contribution in [3.05, 3.63) is 97.2 Å². The first-order chi connectivity index (χ1) is 29.2. The van der Waals surface area contributed by atoms with Crippen LogP contribution in [0.15, 0.2) is 97.2 Å². The Bertz CT molecular complexity index is 1970. The maximum Gasteiger partial charge on any atom is 0.335 e. The summed E-state index contributed by atoms with van der Waals surface area (Å²) in [5.74, 6) is -8.43. The maximum atomic E-state index is 13.4. The lowest BCUT2D eigenvalue weighted by molar-refractivity contribution is -0.357. The fourth-order valence-corrected chi connectivity index (χ4v) is 5.10. The topological polar surface area (TPSA) is 238 Å². The van der Waals surface area contributed by atoms with E-state index in [0.29, 0.717) is 0 Å². The zero-order chi connectivity index (χ0) is 48.2. The molecule has 0 N–H and O–H groups in total. The van der Waals surface area contributed by atoms with E-state index in [2.05, 4.69) is 52.6 Å². The lowest BCUT2D eigenvalue weighted by Gasteiger charge is -2.48. The fourth-order valence-electron chi connectivity index (χ4n) is 5.10. The molecule has 0 bridgehead atoms. The molecule has 0 aromatic rings. The fraction of sp³-hybridized carbons (Fsp3) is 0.455. The van der Waals surface area contributed by atoms with Crippen molar-refractivity contribution in [3.8, 4) is 0 Å². The first-order valence-corrected chi connectivity index (χ1v) is 19.0. The molecule has 63 heavy (non-hydrogen) atoms. The lowest BCUT2D eigenvalue weighted by Crippen LogP contribution is -2.67. The second-order valence-electron chi connectivity index (χ2n) is 14.9. The van der Waals surface area contributed by atoms with Gasteiger partial charge in [0.15, 0.2) is 30.7 Å². The van der Waals surface area contributed by atoms with E-state index in [-0.39, 0.29) is 44.6 Å². The molecule has 0 aromatic heterocycles. The largest absolute Gasteiger partial charge is 0.459 e. The summed E-state index contributed by atoms with van der Waals surface area (Å²) in [4.78, 5) is 105. The monoisotopic (exact) mass is 886 g/mol. The average Bonchev–Trinajstić information content (AvgIpc) is 3.19. The van der Waals surface area contributed by atoms with E-state index in [9.17, 15) is 38.4 Å². The van der Waals surface area contributed by atoms with Crippen LogP contribution < -0.4 is 0 Å². The Hall–Kier alpha value is -6.44. The highest BCUT2D eigenvalue weighted by atomic mass is 16.8. The molecule has 2 rings (SSSR count). The van der Waals surface area contributed by atoms with E-state index in [1.165, 1.54) is 55.4 Å². The van der Waals surface area contributed by atoms with Gasteiger partial charge in [-0.05, 0) is 55.4 Å². The third-order valence-corrected chi connectivity index (χ3v) is 8.46. The van der Waals surface area contributed by atoms with Gasteiger partial charge in [0.05, 0.1) is 0 Å². The molecule has 2 fully saturated rings. The quantitative estimate of drug-likeness (QED) is 0.0964.